The van der Waals surface area contributed by atoms with Crippen molar-refractivity contribution in [3.8, 4) is 10.4 Å². The van der Waals surface area contributed by atoms with E-state index in [2.05, 4.69) is 5.32 Å². The predicted molar refractivity (Wildman–Crippen MR) is 159 cm³/mol. The number of pyridine rings is 1. The quantitative estimate of drug-likeness (QED) is 0.215. The van der Waals surface area contributed by atoms with Gasteiger partial charge in [0.1, 0.15) is 17.5 Å². The average molecular weight is 621 g/mol. The summed E-state index contributed by atoms with van der Waals surface area (Å²) in [6.07, 6.45) is 1.53. The van der Waals surface area contributed by atoms with Crippen LogP contribution in [0.4, 0.5) is 13.2 Å². The van der Waals surface area contributed by atoms with Crippen molar-refractivity contribution in [3.63, 3.8) is 0 Å². The molecule has 0 aliphatic carbocycles. The standard InChI is InChI=1S/C32H27F3N4O4S/c1-2-43-32(42)26-23(9-6-18-4-7-20(33)8-5-18)37-29-28(31(41)39-13-3-12-38(29)39)27(26)24-10-11-25(44-24)30(40)36-17-19-14-21(34)16-22(35)15-19/h4-5,7-8,10-11,14-16H,2-3,6,9,12-13,17H2,1H3,(H,36,40). The second kappa shape index (κ2) is 12.1. The molecule has 1 N–H and O–H groups in total. The third kappa shape index (κ3) is 5.64. The fourth-order valence-corrected chi connectivity index (χ4v) is 6.50. The molecule has 44 heavy (non-hydrogen) atoms. The van der Waals surface area contributed by atoms with E-state index in [-0.39, 0.29) is 45.9 Å². The zero-order valence-electron chi connectivity index (χ0n) is 23.7. The fourth-order valence-electron chi connectivity index (χ4n) is 5.52. The highest BCUT2D eigenvalue weighted by atomic mass is 32.1. The van der Waals surface area contributed by atoms with E-state index in [4.69, 9.17) is 9.72 Å². The second-order valence-corrected chi connectivity index (χ2v) is 11.5. The SMILES string of the molecule is CCOC(=O)c1c(CCc2ccc(F)cc2)nc2c(c1-c1ccc(C(=O)NCc3cc(F)cc(F)c3)s1)c(=O)n1n2CCC1. The van der Waals surface area contributed by atoms with E-state index in [0.717, 1.165) is 41.5 Å². The monoisotopic (exact) mass is 620 g/mol. The van der Waals surface area contributed by atoms with E-state index in [0.29, 0.717) is 47.7 Å². The van der Waals surface area contributed by atoms with E-state index in [1.807, 2.05) is 4.68 Å². The molecule has 0 saturated carbocycles. The summed E-state index contributed by atoms with van der Waals surface area (Å²) < 4.78 is 49.6. The molecule has 0 fully saturated rings. The molecule has 1 aliphatic rings. The number of rotatable bonds is 9. The largest absolute Gasteiger partial charge is 0.462 e. The van der Waals surface area contributed by atoms with Gasteiger partial charge in [0.05, 0.1) is 28.1 Å². The molecule has 0 bridgehead atoms. The maximum absolute atomic E-state index is 13.7. The molecule has 0 saturated heterocycles. The zero-order chi connectivity index (χ0) is 31.0. The van der Waals surface area contributed by atoms with Gasteiger partial charge >= 0.3 is 5.97 Å². The zero-order valence-corrected chi connectivity index (χ0v) is 24.5. The van der Waals surface area contributed by atoms with Gasteiger partial charge in [-0.1, -0.05) is 12.1 Å². The van der Waals surface area contributed by atoms with Crippen LogP contribution < -0.4 is 10.9 Å². The molecule has 1 aliphatic heterocycles. The van der Waals surface area contributed by atoms with Gasteiger partial charge in [0.2, 0.25) is 0 Å². The third-order valence-corrected chi connectivity index (χ3v) is 8.57. The maximum atomic E-state index is 13.7. The molecule has 0 spiro atoms. The summed E-state index contributed by atoms with van der Waals surface area (Å²) in [7, 11) is 0. The molecular weight excluding hydrogens is 593 g/mol. The summed E-state index contributed by atoms with van der Waals surface area (Å²) in [5, 5.41) is 2.93. The van der Waals surface area contributed by atoms with Crippen molar-refractivity contribution in [1.29, 1.82) is 0 Å². The number of aromatic nitrogens is 3. The molecule has 1 amide bonds. The number of carbonyl (C=O) groups is 2. The van der Waals surface area contributed by atoms with Gasteiger partial charge in [-0.05, 0) is 73.7 Å². The van der Waals surface area contributed by atoms with Crippen molar-refractivity contribution in [1.82, 2.24) is 19.7 Å². The number of ether oxygens (including phenoxy) is 1. The van der Waals surface area contributed by atoms with Crippen LogP contribution in [0.1, 0.15) is 50.2 Å². The Labute approximate surface area is 253 Å². The van der Waals surface area contributed by atoms with Crippen LogP contribution >= 0.6 is 11.3 Å². The van der Waals surface area contributed by atoms with Gasteiger partial charge < -0.3 is 10.1 Å². The highest BCUT2D eigenvalue weighted by Gasteiger charge is 2.30. The van der Waals surface area contributed by atoms with Crippen LogP contribution in [0.2, 0.25) is 0 Å². The number of hydrogen-bond acceptors (Lipinski definition) is 6. The number of aryl methyl sites for hydroxylation is 3. The molecule has 0 radical (unpaired) electrons. The normalized spacial score (nSPS) is 12.5. The minimum absolute atomic E-state index is 0.0950. The number of thiophene rings is 1. The molecule has 2 aromatic carbocycles. The Bertz CT molecular complexity index is 1940. The van der Waals surface area contributed by atoms with Gasteiger partial charge in [-0.3, -0.25) is 14.3 Å². The molecule has 3 aromatic heterocycles. The number of benzene rings is 2. The maximum Gasteiger partial charge on any atom is 0.340 e. The van der Waals surface area contributed by atoms with E-state index < -0.39 is 23.5 Å². The number of fused-ring (bicyclic) bond motifs is 3. The molecule has 12 heteroatoms. The first-order chi connectivity index (χ1) is 21.2. The minimum atomic E-state index is -0.748. The summed E-state index contributed by atoms with van der Waals surface area (Å²) in [5.41, 5.74) is 2.18. The van der Waals surface area contributed by atoms with Crippen molar-refractivity contribution in [3.05, 3.63) is 110 Å². The van der Waals surface area contributed by atoms with Crippen molar-refractivity contribution in [2.24, 2.45) is 0 Å². The average Bonchev–Trinajstić information content (AvgIpc) is 3.73. The van der Waals surface area contributed by atoms with E-state index >= 15 is 0 Å². The lowest BCUT2D eigenvalue weighted by Gasteiger charge is -2.14. The molecule has 0 atom stereocenters. The molecule has 5 aromatic rings. The lowest BCUT2D eigenvalue weighted by atomic mass is 9.97. The van der Waals surface area contributed by atoms with Crippen molar-refractivity contribution in [2.75, 3.05) is 6.61 Å². The Balaban J connectivity index is 1.43. The number of hydrogen-bond donors (Lipinski definition) is 1. The van der Waals surface area contributed by atoms with Crippen molar-refractivity contribution >= 4 is 34.2 Å². The van der Waals surface area contributed by atoms with Gasteiger partial charge in [-0.2, -0.15) is 0 Å². The van der Waals surface area contributed by atoms with E-state index in [1.165, 1.54) is 12.1 Å². The Morgan fingerprint density at radius 2 is 1.66 bits per heavy atom. The second-order valence-electron chi connectivity index (χ2n) is 10.4. The summed E-state index contributed by atoms with van der Waals surface area (Å²) in [6.45, 7) is 2.77. The van der Waals surface area contributed by atoms with Gasteiger partial charge in [0, 0.05) is 36.1 Å². The van der Waals surface area contributed by atoms with Gasteiger partial charge in [0.15, 0.2) is 5.65 Å². The van der Waals surface area contributed by atoms with Crippen LogP contribution in [-0.2, 0) is 37.2 Å². The number of nitrogens with zero attached hydrogens (tertiary/aromatic N) is 3. The fraction of sp³-hybridized carbons (Fsp3) is 0.250. The summed E-state index contributed by atoms with van der Waals surface area (Å²) in [5.74, 6) is -2.98. The van der Waals surface area contributed by atoms with Crippen LogP contribution in [0.15, 0.2) is 59.4 Å². The Morgan fingerprint density at radius 1 is 0.932 bits per heavy atom. The number of carbonyl (C=O) groups excluding carboxylic acids is 2. The van der Waals surface area contributed by atoms with E-state index in [9.17, 15) is 27.6 Å². The molecular formula is C32H27F3N4O4S. The Morgan fingerprint density at radius 3 is 2.39 bits per heavy atom. The molecule has 0 unspecified atom stereocenters. The first-order valence-corrected chi connectivity index (χ1v) is 15.0. The first kappa shape index (κ1) is 29.4. The van der Waals surface area contributed by atoms with Crippen LogP contribution in [0.3, 0.4) is 0 Å². The number of nitrogens with one attached hydrogen (secondary N) is 1. The third-order valence-electron chi connectivity index (χ3n) is 7.47. The highest BCUT2D eigenvalue weighted by molar-refractivity contribution is 7.17. The first-order valence-electron chi connectivity index (χ1n) is 14.1. The summed E-state index contributed by atoms with van der Waals surface area (Å²) >= 11 is 1.08. The van der Waals surface area contributed by atoms with Gasteiger partial charge in [-0.15, -0.1) is 11.3 Å². The van der Waals surface area contributed by atoms with E-state index in [1.54, 1.807) is 35.9 Å². The Hall–Kier alpha value is -4.71. The van der Waals surface area contributed by atoms with Crippen molar-refractivity contribution < 1.29 is 27.5 Å². The lowest BCUT2D eigenvalue weighted by molar-refractivity contribution is 0.0525. The summed E-state index contributed by atoms with van der Waals surface area (Å²) in [4.78, 5) is 45.9. The van der Waals surface area contributed by atoms with Crippen LogP contribution in [-0.4, -0.2) is 32.8 Å². The molecule has 226 valence electrons. The Kier molecular flexibility index (Phi) is 8.09. The van der Waals surface area contributed by atoms with Gasteiger partial charge in [0.25, 0.3) is 11.5 Å². The topological polar surface area (TPSA) is 95.2 Å². The lowest BCUT2D eigenvalue weighted by Crippen LogP contribution is -2.21. The predicted octanol–water partition coefficient (Wildman–Crippen LogP) is 5.64. The van der Waals surface area contributed by atoms with Gasteiger partial charge in [-0.25, -0.2) is 27.6 Å². The smallest absolute Gasteiger partial charge is 0.340 e. The number of esters is 1. The summed E-state index contributed by atoms with van der Waals surface area (Å²) in [6, 6.07) is 12.3. The van der Waals surface area contributed by atoms with Crippen molar-refractivity contribution in [2.45, 2.75) is 45.8 Å². The number of amides is 1. The van der Waals surface area contributed by atoms with Crippen LogP contribution in [0.5, 0.6) is 0 Å². The molecule has 8 nitrogen and oxygen atoms in total. The highest BCUT2D eigenvalue weighted by Crippen LogP contribution is 2.38. The van der Waals surface area contributed by atoms with Crippen LogP contribution in [0.25, 0.3) is 21.5 Å². The van der Waals surface area contributed by atoms with Crippen LogP contribution in [0, 0.1) is 17.5 Å². The molecule has 4 heterocycles. The molecule has 6 rings (SSSR count). The minimum Gasteiger partial charge on any atom is -0.462 e. The number of halogens is 3.